The fraction of sp³-hybridized carbons (Fsp3) is 0.429. The van der Waals surface area contributed by atoms with Crippen molar-refractivity contribution in [3.63, 3.8) is 0 Å². The van der Waals surface area contributed by atoms with Crippen LogP contribution in [0.25, 0.3) is 0 Å². The molecule has 2 N–H and O–H groups in total. The highest BCUT2D eigenvalue weighted by Crippen LogP contribution is 2.50. The Hall–Kier alpha value is -1.98. The predicted molar refractivity (Wildman–Crippen MR) is 111 cm³/mol. The molecule has 0 bridgehead atoms. The van der Waals surface area contributed by atoms with Gasteiger partial charge in [0.2, 0.25) is 0 Å². The van der Waals surface area contributed by atoms with Crippen LogP contribution in [0.2, 0.25) is 0 Å². The summed E-state index contributed by atoms with van der Waals surface area (Å²) >= 11 is 0. The zero-order valence-electron chi connectivity index (χ0n) is 17.0. The number of likely N-dealkylation sites (tertiary alicyclic amines) is 1. The Labute approximate surface area is 180 Å². The number of benzene rings is 2. The van der Waals surface area contributed by atoms with Gasteiger partial charge < -0.3 is 9.47 Å². The standard InChI is InChI=1S/C21H25F3N2O4S/c1-28-31(27,18-4-2-3-16(12-18)21(22,23)24)25-17-7-8-26(14-17)13-15-5-6-19-20(11-15)30-10-9-29-19/h2-6,11-12,17,25,27H,7-10,13-14H2,1H3. The zero-order valence-corrected chi connectivity index (χ0v) is 17.8. The lowest BCUT2D eigenvalue weighted by molar-refractivity contribution is -0.137. The second kappa shape index (κ2) is 8.87. The van der Waals surface area contributed by atoms with Crippen LogP contribution in [0.5, 0.6) is 11.5 Å². The average Bonchev–Trinajstić information content (AvgIpc) is 3.19. The number of rotatable bonds is 6. The molecule has 0 aromatic heterocycles. The quantitative estimate of drug-likeness (QED) is 0.667. The summed E-state index contributed by atoms with van der Waals surface area (Å²) in [4.78, 5) is 2.31. The topological polar surface area (TPSA) is 63.2 Å². The first-order chi connectivity index (χ1) is 14.8. The molecule has 2 unspecified atom stereocenters. The van der Waals surface area contributed by atoms with E-state index in [0.29, 0.717) is 26.3 Å². The van der Waals surface area contributed by atoms with Crippen molar-refractivity contribution in [3.8, 4) is 11.5 Å². The van der Waals surface area contributed by atoms with E-state index in [0.717, 1.165) is 42.2 Å². The third-order valence-corrected chi connectivity index (χ3v) is 7.36. The van der Waals surface area contributed by atoms with E-state index in [1.807, 2.05) is 18.2 Å². The number of halogens is 3. The molecule has 2 aliphatic heterocycles. The van der Waals surface area contributed by atoms with Gasteiger partial charge in [-0.05, 0) is 42.3 Å². The summed E-state index contributed by atoms with van der Waals surface area (Å²) in [6.45, 7) is 3.18. The molecular weight excluding hydrogens is 433 g/mol. The van der Waals surface area contributed by atoms with Gasteiger partial charge in [-0.15, -0.1) is 10.8 Å². The molecule has 0 spiro atoms. The summed E-state index contributed by atoms with van der Waals surface area (Å²) in [5.74, 6) is 1.48. The van der Waals surface area contributed by atoms with Gasteiger partial charge in [-0.2, -0.15) is 13.2 Å². The third-order valence-electron chi connectivity index (χ3n) is 5.33. The molecule has 1 fully saturated rings. The molecule has 2 aliphatic rings. The maximum atomic E-state index is 13.1. The third kappa shape index (κ3) is 5.09. The maximum absolute atomic E-state index is 13.1. The second-order valence-electron chi connectivity index (χ2n) is 7.53. The molecule has 2 aromatic carbocycles. The van der Waals surface area contributed by atoms with Crippen molar-refractivity contribution in [1.29, 1.82) is 0 Å². The molecule has 0 saturated carbocycles. The van der Waals surface area contributed by atoms with Crippen LogP contribution in [0.15, 0.2) is 47.4 Å². The van der Waals surface area contributed by atoms with Crippen molar-refractivity contribution in [3.05, 3.63) is 53.6 Å². The van der Waals surface area contributed by atoms with Crippen LogP contribution in [-0.2, 0) is 16.9 Å². The van der Waals surface area contributed by atoms with E-state index >= 15 is 0 Å². The molecule has 4 rings (SSSR count). The summed E-state index contributed by atoms with van der Waals surface area (Å²) in [5, 5.41) is 0. The number of nitrogens with one attached hydrogen (secondary N) is 1. The predicted octanol–water partition coefficient (Wildman–Crippen LogP) is 4.45. The Kier molecular flexibility index (Phi) is 6.36. The summed E-state index contributed by atoms with van der Waals surface area (Å²) in [6.07, 6.45) is -3.75. The first-order valence-electron chi connectivity index (χ1n) is 9.94. The van der Waals surface area contributed by atoms with Crippen LogP contribution in [0.1, 0.15) is 17.5 Å². The number of hydrogen-bond donors (Lipinski definition) is 2. The zero-order chi connectivity index (χ0) is 22.1. The number of alkyl halides is 3. The van der Waals surface area contributed by atoms with Crippen LogP contribution < -0.4 is 14.2 Å². The van der Waals surface area contributed by atoms with Crippen LogP contribution in [0, 0.1) is 0 Å². The lowest BCUT2D eigenvalue weighted by Gasteiger charge is -2.39. The monoisotopic (exact) mass is 458 g/mol. The van der Waals surface area contributed by atoms with Gasteiger partial charge in [-0.3, -0.25) is 13.6 Å². The van der Waals surface area contributed by atoms with E-state index in [1.54, 1.807) is 0 Å². The van der Waals surface area contributed by atoms with Gasteiger partial charge >= 0.3 is 6.18 Å². The largest absolute Gasteiger partial charge is 0.486 e. The van der Waals surface area contributed by atoms with Gasteiger partial charge in [0.25, 0.3) is 0 Å². The SMILES string of the molecule is COS(O)(NC1CCN(Cc2ccc3c(c2)OCCO3)C1)c1cccc(C(F)(F)F)c1. The molecule has 1 saturated heterocycles. The molecule has 31 heavy (non-hydrogen) atoms. The van der Waals surface area contributed by atoms with Crippen molar-refractivity contribution < 1.29 is 31.4 Å². The van der Waals surface area contributed by atoms with Gasteiger partial charge in [-0.25, -0.2) is 4.72 Å². The normalized spacial score (nSPS) is 22.2. The number of hydrogen-bond acceptors (Lipinski definition) is 6. The fourth-order valence-corrected chi connectivity index (χ4v) is 5.42. The lowest BCUT2D eigenvalue weighted by atomic mass is 10.2. The fourth-order valence-electron chi connectivity index (χ4n) is 3.80. The van der Waals surface area contributed by atoms with Gasteiger partial charge in [0, 0.05) is 25.7 Å². The molecule has 6 nitrogen and oxygen atoms in total. The second-order valence-corrected chi connectivity index (χ2v) is 9.63. The summed E-state index contributed by atoms with van der Waals surface area (Å²) in [6, 6.07) is 10.4. The maximum Gasteiger partial charge on any atom is 0.416 e. The molecule has 10 heteroatoms. The molecule has 2 heterocycles. The van der Waals surface area contributed by atoms with Gasteiger partial charge in [0.05, 0.1) is 17.6 Å². The van der Waals surface area contributed by atoms with E-state index < -0.39 is 22.5 Å². The first-order valence-corrected chi connectivity index (χ1v) is 11.5. The Balaban J connectivity index is 1.41. The van der Waals surface area contributed by atoms with Gasteiger partial charge in [-0.1, -0.05) is 12.1 Å². The summed E-state index contributed by atoms with van der Waals surface area (Å²) in [5.41, 5.74) is 0.263. The minimum Gasteiger partial charge on any atom is -0.486 e. The summed E-state index contributed by atoms with van der Waals surface area (Å²) < 4.78 is 69.7. The Morgan fingerprint density at radius 2 is 1.94 bits per heavy atom. The van der Waals surface area contributed by atoms with Crippen LogP contribution in [-0.4, -0.2) is 48.9 Å². The Morgan fingerprint density at radius 1 is 1.16 bits per heavy atom. The van der Waals surface area contributed by atoms with Crippen molar-refractivity contribution in [1.82, 2.24) is 9.62 Å². The van der Waals surface area contributed by atoms with Crippen molar-refractivity contribution in [2.24, 2.45) is 0 Å². The van der Waals surface area contributed by atoms with E-state index in [1.165, 1.54) is 19.2 Å². The highest BCUT2D eigenvalue weighted by molar-refractivity contribution is 8.23. The van der Waals surface area contributed by atoms with Crippen LogP contribution in [0.3, 0.4) is 0 Å². The van der Waals surface area contributed by atoms with E-state index in [4.69, 9.17) is 13.7 Å². The minimum atomic E-state index is -4.49. The first kappa shape index (κ1) is 22.2. The van der Waals surface area contributed by atoms with E-state index in [-0.39, 0.29) is 10.9 Å². The van der Waals surface area contributed by atoms with Crippen LogP contribution in [0.4, 0.5) is 13.2 Å². The van der Waals surface area contributed by atoms with Crippen molar-refractivity contribution in [2.75, 3.05) is 33.4 Å². The van der Waals surface area contributed by atoms with Crippen molar-refractivity contribution in [2.45, 2.75) is 30.1 Å². The van der Waals surface area contributed by atoms with Crippen molar-refractivity contribution >= 4 is 10.8 Å². The highest BCUT2D eigenvalue weighted by atomic mass is 32.3. The Bertz CT molecular complexity index is 930. The molecule has 2 aromatic rings. The van der Waals surface area contributed by atoms with Gasteiger partial charge in [0.1, 0.15) is 13.2 Å². The molecule has 0 radical (unpaired) electrons. The van der Waals surface area contributed by atoms with E-state index in [2.05, 4.69) is 9.62 Å². The molecule has 0 aliphatic carbocycles. The number of nitrogens with zero attached hydrogens (tertiary/aromatic N) is 1. The highest BCUT2D eigenvalue weighted by Gasteiger charge is 2.34. The number of fused-ring (bicyclic) bond motifs is 1. The molecule has 0 amide bonds. The average molecular weight is 459 g/mol. The number of ether oxygens (including phenoxy) is 2. The lowest BCUT2D eigenvalue weighted by Crippen LogP contribution is -2.35. The van der Waals surface area contributed by atoms with E-state index in [9.17, 15) is 17.7 Å². The molecule has 2 atom stereocenters. The minimum absolute atomic E-state index is 0.0927. The van der Waals surface area contributed by atoms with Crippen LogP contribution >= 0.6 is 10.8 Å². The smallest absolute Gasteiger partial charge is 0.416 e. The molecule has 170 valence electrons. The Morgan fingerprint density at radius 3 is 2.68 bits per heavy atom. The summed E-state index contributed by atoms with van der Waals surface area (Å²) in [7, 11) is -1.75. The molecular formula is C21H25F3N2O4S. The van der Waals surface area contributed by atoms with Gasteiger partial charge in [0.15, 0.2) is 11.5 Å².